The Hall–Kier alpha value is -3.64. The quantitative estimate of drug-likeness (QED) is 0.342. The van der Waals surface area contributed by atoms with E-state index in [1.54, 1.807) is 11.1 Å². The molecule has 0 saturated carbocycles. The lowest BCUT2D eigenvalue weighted by atomic mass is 9.92. The summed E-state index contributed by atoms with van der Waals surface area (Å²) in [5, 5.41) is 25.9. The van der Waals surface area contributed by atoms with Crippen LogP contribution in [0.3, 0.4) is 0 Å². The van der Waals surface area contributed by atoms with E-state index in [0.29, 0.717) is 35.9 Å². The Morgan fingerprint density at radius 2 is 1.97 bits per heavy atom. The number of aromatic nitrogens is 8. The Morgan fingerprint density at radius 1 is 1.17 bits per heavy atom. The SMILES string of the molecule is CCn1nnc([C@H]2OC(n3cnc4c(N)nc(N[C@H](CO)Cc5ccccc5)nc43)[C@H](C)[C@@H]2C)n1. The Balaban J connectivity index is 1.42. The predicted octanol–water partition coefficient (Wildman–Crippen LogP) is 1.97. The van der Waals surface area contributed by atoms with Gasteiger partial charge in [0.1, 0.15) is 17.8 Å². The molecule has 1 fully saturated rings. The van der Waals surface area contributed by atoms with E-state index in [2.05, 4.69) is 44.5 Å². The van der Waals surface area contributed by atoms with E-state index >= 15 is 0 Å². The van der Waals surface area contributed by atoms with Crippen LogP contribution in [0.4, 0.5) is 11.8 Å². The Bertz CT molecular complexity index is 1290. The molecular formula is C23H30N10O2. The number of aliphatic hydroxyl groups excluding tert-OH is 1. The number of rotatable bonds is 8. The third kappa shape index (κ3) is 4.42. The minimum Gasteiger partial charge on any atom is -0.394 e. The number of aryl methyl sites for hydroxylation is 1. The lowest BCUT2D eigenvalue weighted by molar-refractivity contribution is -0.0159. The molecule has 12 heteroatoms. The summed E-state index contributed by atoms with van der Waals surface area (Å²) in [6.07, 6.45) is 1.66. The second kappa shape index (κ2) is 9.55. The highest BCUT2D eigenvalue weighted by Crippen LogP contribution is 2.46. The van der Waals surface area contributed by atoms with Crippen molar-refractivity contribution in [1.29, 1.82) is 0 Å². The van der Waals surface area contributed by atoms with Crippen LogP contribution in [0, 0.1) is 11.8 Å². The maximum atomic E-state index is 9.93. The molecule has 5 atom stereocenters. The molecule has 5 rings (SSSR count). The molecule has 0 radical (unpaired) electrons. The number of fused-ring (bicyclic) bond motifs is 1. The van der Waals surface area contributed by atoms with Crippen LogP contribution in [0.5, 0.6) is 0 Å². The molecule has 1 aromatic carbocycles. The Kier molecular flexibility index (Phi) is 6.31. The number of benzene rings is 1. The van der Waals surface area contributed by atoms with E-state index in [4.69, 9.17) is 15.5 Å². The van der Waals surface area contributed by atoms with Crippen molar-refractivity contribution in [3.05, 3.63) is 48.0 Å². The molecule has 0 bridgehead atoms. The number of ether oxygens (including phenoxy) is 1. The molecule has 4 heterocycles. The second-order valence-corrected chi connectivity index (χ2v) is 8.97. The standard InChI is InChI=1S/C23H30N10O2/c1-4-33-30-20(29-31-33)18-13(2)14(3)22(35-18)32-12-25-17-19(24)27-23(28-21(17)32)26-16(11-34)10-15-8-6-5-7-9-15/h5-9,12-14,16,18,22,34H,4,10-11H2,1-3H3,(H3,24,26,27,28)/t13-,14+,16-,18-,22?/m0/s1. The van der Waals surface area contributed by atoms with Crippen LogP contribution >= 0.6 is 0 Å². The van der Waals surface area contributed by atoms with Gasteiger partial charge in [-0.1, -0.05) is 44.2 Å². The first-order valence-electron chi connectivity index (χ1n) is 11.8. The van der Waals surface area contributed by atoms with Crippen molar-refractivity contribution < 1.29 is 9.84 Å². The fraction of sp³-hybridized carbons (Fsp3) is 0.478. The monoisotopic (exact) mass is 478 g/mol. The molecule has 12 nitrogen and oxygen atoms in total. The fourth-order valence-corrected chi connectivity index (χ4v) is 4.48. The molecule has 1 aliphatic heterocycles. The minimum absolute atomic E-state index is 0.0805. The van der Waals surface area contributed by atoms with E-state index in [1.807, 2.05) is 41.8 Å². The molecule has 0 aliphatic carbocycles. The number of hydrogen-bond acceptors (Lipinski definition) is 10. The average Bonchev–Trinajstić information content (AvgIpc) is 3.58. The summed E-state index contributed by atoms with van der Waals surface area (Å²) < 4.78 is 8.31. The summed E-state index contributed by atoms with van der Waals surface area (Å²) in [6, 6.07) is 9.66. The van der Waals surface area contributed by atoms with Crippen molar-refractivity contribution in [3.8, 4) is 0 Å². The summed E-state index contributed by atoms with van der Waals surface area (Å²) in [7, 11) is 0. The number of nitrogens with zero attached hydrogens (tertiary/aromatic N) is 8. The zero-order chi connectivity index (χ0) is 24.5. The van der Waals surface area contributed by atoms with Gasteiger partial charge in [-0.3, -0.25) is 4.57 Å². The number of nitrogen functional groups attached to an aromatic ring is 1. The molecule has 1 saturated heterocycles. The van der Waals surface area contributed by atoms with Crippen LogP contribution < -0.4 is 11.1 Å². The maximum Gasteiger partial charge on any atom is 0.227 e. The second-order valence-electron chi connectivity index (χ2n) is 8.97. The zero-order valence-electron chi connectivity index (χ0n) is 20.0. The highest BCUT2D eigenvalue weighted by atomic mass is 16.5. The first-order valence-corrected chi connectivity index (χ1v) is 11.8. The lowest BCUT2D eigenvalue weighted by Crippen LogP contribution is -2.27. The molecule has 184 valence electrons. The molecular weight excluding hydrogens is 448 g/mol. The topological polar surface area (TPSA) is 155 Å². The van der Waals surface area contributed by atoms with Crippen LogP contribution in [0.25, 0.3) is 11.2 Å². The van der Waals surface area contributed by atoms with Crippen LogP contribution in [-0.4, -0.2) is 57.5 Å². The summed E-state index contributed by atoms with van der Waals surface area (Å²) in [5.41, 5.74) is 8.40. The van der Waals surface area contributed by atoms with Gasteiger partial charge in [-0.2, -0.15) is 14.8 Å². The molecule has 1 unspecified atom stereocenters. The first-order chi connectivity index (χ1) is 17.0. The van der Waals surface area contributed by atoms with Crippen molar-refractivity contribution in [3.63, 3.8) is 0 Å². The minimum atomic E-state index is -0.339. The van der Waals surface area contributed by atoms with Gasteiger partial charge < -0.3 is 20.9 Å². The van der Waals surface area contributed by atoms with Gasteiger partial charge >= 0.3 is 0 Å². The Labute approximate surface area is 202 Å². The van der Waals surface area contributed by atoms with Gasteiger partial charge in [-0.25, -0.2) is 4.98 Å². The zero-order valence-corrected chi connectivity index (χ0v) is 20.0. The molecule has 0 spiro atoms. The van der Waals surface area contributed by atoms with Gasteiger partial charge in [0.25, 0.3) is 0 Å². The summed E-state index contributed by atoms with van der Waals surface area (Å²) in [6.45, 7) is 6.77. The summed E-state index contributed by atoms with van der Waals surface area (Å²) >= 11 is 0. The first kappa shape index (κ1) is 23.1. The number of anilines is 2. The number of nitrogens with one attached hydrogen (secondary N) is 1. The number of hydrogen-bond donors (Lipinski definition) is 3. The van der Waals surface area contributed by atoms with E-state index in [9.17, 15) is 5.11 Å². The summed E-state index contributed by atoms with van der Waals surface area (Å²) in [5.74, 6) is 1.43. The van der Waals surface area contributed by atoms with Gasteiger partial charge in [0, 0.05) is 5.92 Å². The third-order valence-corrected chi connectivity index (χ3v) is 6.65. The molecule has 3 aromatic heterocycles. The number of tetrazole rings is 1. The predicted molar refractivity (Wildman–Crippen MR) is 129 cm³/mol. The lowest BCUT2D eigenvalue weighted by Gasteiger charge is -2.19. The van der Waals surface area contributed by atoms with E-state index in [-0.39, 0.29) is 42.6 Å². The van der Waals surface area contributed by atoms with Gasteiger partial charge in [0.15, 0.2) is 11.5 Å². The molecule has 4 aromatic rings. The van der Waals surface area contributed by atoms with Gasteiger partial charge in [0.05, 0.1) is 25.5 Å². The summed E-state index contributed by atoms with van der Waals surface area (Å²) in [4.78, 5) is 15.1. The van der Waals surface area contributed by atoms with E-state index in [1.165, 1.54) is 0 Å². The van der Waals surface area contributed by atoms with Crippen molar-refractivity contribution in [1.82, 2.24) is 39.7 Å². The van der Waals surface area contributed by atoms with Gasteiger partial charge in [-0.15, -0.1) is 10.2 Å². The van der Waals surface area contributed by atoms with Crippen molar-refractivity contribution in [2.45, 2.75) is 52.1 Å². The fourth-order valence-electron chi connectivity index (χ4n) is 4.48. The largest absolute Gasteiger partial charge is 0.394 e. The number of nitrogens with two attached hydrogens (primary N) is 1. The van der Waals surface area contributed by atoms with Crippen LogP contribution in [0.1, 0.15) is 44.5 Å². The molecule has 35 heavy (non-hydrogen) atoms. The van der Waals surface area contributed by atoms with Crippen molar-refractivity contribution >= 4 is 22.9 Å². The number of aliphatic hydroxyl groups is 1. The third-order valence-electron chi connectivity index (χ3n) is 6.65. The van der Waals surface area contributed by atoms with Crippen LogP contribution in [-0.2, 0) is 17.7 Å². The molecule has 0 amide bonds. The highest BCUT2D eigenvalue weighted by Gasteiger charge is 2.43. The smallest absolute Gasteiger partial charge is 0.227 e. The van der Waals surface area contributed by atoms with Crippen LogP contribution in [0.2, 0.25) is 0 Å². The maximum absolute atomic E-state index is 9.93. The van der Waals surface area contributed by atoms with E-state index in [0.717, 1.165) is 5.56 Å². The Morgan fingerprint density at radius 3 is 2.69 bits per heavy atom. The molecule has 4 N–H and O–H groups in total. The average molecular weight is 479 g/mol. The van der Waals surface area contributed by atoms with Gasteiger partial charge in [-0.05, 0) is 30.0 Å². The van der Waals surface area contributed by atoms with Crippen molar-refractivity contribution in [2.75, 3.05) is 17.7 Å². The highest BCUT2D eigenvalue weighted by molar-refractivity contribution is 5.83. The normalized spacial score (nSPS) is 23.1. The van der Waals surface area contributed by atoms with Crippen molar-refractivity contribution in [2.24, 2.45) is 11.8 Å². The van der Waals surface area contributed by atoms with Gasteiger partial charge in [0.2, 0.25) is 11.8 Å². The van der Waals surface area contributed by atoms with E-state index < -0.39 is 0 Å². The van der Waals surface area contributed by atoms with Crippen LogP contribution in [0.15, 0.2) is 36.7 Å². The molecule has 1 aliphatic rings. The number of imidazole rings is 1.